The van der Waals surface area contributed by atoms with E-state index < -0.39 is 12.8 Å². The van der Waals surface area contributed by atoms with Crippen molar-refractivity contribution in [3.05, 3.63) is 24.3 Å². The zero-order chi connectivity index (χ0) is 15.0. The Labute approximate surface area is 117 Å². The average Bonchev–Trinajstić information content (AvgIpc) is 2.37. The lowest BCUT2D eigenvalue weighted by molar-refractivity contribution is -0.172. The largest absolute Gasteiger partial charge is 0.491 e. The second-order valence-corrected chi connectivity index (χ2v) is 4.46. The van der Waals surface area contributed by atoms with E-state index in [1.54, 1.807) is 0 Å². The van der Waals surface area contributed by atoms with E-state index >= 15 is 0 Å². The molecule has 1 rings (SSSR count). The molecule has 1 aromatic rings. The topological polar surface area (TPSA) is 30.5 Å². The molecule has 0 bridgehead atoms. The summed E-state index contributed by atoms with van der Waals surface area (Å²) in [6.45, 7) is 3.10. The third-order valence-corrected chi connectivity index (χ3v) is 2.59. The third-order valence-electron chi connectivity index (χ3n) is 2.59. The number of hydrogen-bond acceptors (Lipinski definition) is 3. The van der Waals surface area contributed by atoms with Crippen molar-refractivity contribution < 1.29 is 22.6 Å². The fourth-order valence-electron chi connectivity index (χ4n) is 1.45. The van der Waals surface area contributed by atoms with Gasteiger partial charge in [-0.3, -0.25) is 0 Å². The van der Waals surface area contributed by atoms with Crippen LogP contribution in [0.4, 0.5) is 18.9 Å². The van der Waals surface area contributed by atoms with Gasteiger partial charge in [-0.15, -0.1) is 0 Å². The highest BCUT2D eigenvalue weighted by atomic mass is 19.4. The molecule has 0 aliphatic rings. The van der Waals surface area contributed by atoms with E-state index in [1.807, 2.05) is 38.1 Å². The molecular weight excluding hydrogens is 271 g/mol. The van der Waals surface area contributed by atoms with Gasteiger partial charge in [0.2, 0.25) is 0 Å². The first-order chi connectivity index (χ1) is 9.40. The number of halogens is 3. The van der Waals surface area contributed by atoms with E-state index in [9.17, 15) is 13.2 Å². The van der Waals surface area contributed by atoms with Gasteiger partial charge in [0.05, 0.1) is 12.7 Å². The second-order valence-electron chi connectivity index (χ2n) is 4.46. The molecule has 1 aromatic carbocycles. The van der Waals surface area contributed by atoms with Crippen molar-refractivity contribution in [2.75, 3.05) is 25.1 Å². The van der Waals surface area contributed by atoms with Crippen LogP contribution in [0.15, 0.2) is 24.3 Å². The standard InChI is InChI=1S/C14H20F3NO2/c1-3-11(2)20-13-6-4-5-12(9-13)18-7-8-19-10-14(15,16)17/h4-6,9,11,18H,3,7-8,10H2,1-2H3. The quantitative estimate of drug-likeness (QED) is 0.738. The molecular formula is C14H20F3NO2. The van der Waals surface area contributed by atoms with E-state index in [-0.39, 0.29) is 12.7 Å². The van der Waals surface area contributed by atoms with Crippen molar-refractivity contribution in [3.63, 3.8) is 0 Å². The monoisotopic (exact) mass is 291 g/mol. The molecule has 0 amide bonds. The Morgan fingerprint density at radius 2 is 2.05 bits per heavy atom. The zero-order valence-electron chi connectivity index (χ0n) is 11.7. The van der Waals surface area contributed by atoms with Gasteiger partial charge in [0.25, 0.3) is 0 Å². The first-order valence-electron chi connectivity index (χ1n) is 6.56. The van der Waals surface area contributed by atoms with Gasteiger partial charge in [-0.05, 0) is 25.5 Å². The molecule has 0 fully saturated rings. The van der Waals surface area contributed by atoms with E-state index in [0.717, 1.165) is 17.9 Å². The summed E-state index contributed by atoms with van der Waals surface area (Å²) in [7, 11) is 0. The average molecular weight is 291 g/mol. The highest BCUT2D eigenvalue weighted by Gasteiger charge is 2.27. The first-order valence-corrected chi connectivity index (χ1v) is 6.56. The molecule has 3 nitrogen and oxygen atoms in total. The Morgan fingerprint density at radius 3 is 2.70 bits per heavy atom. The van der Waals surface area contributed by atoms with Crippen LogP contribution in [-0.2, 0) is 4.74 Å². The molecule has 0 aliphatic carbocycles. The molecule has 1 N–H and O–H groups in total. The maximum absolute atomic E-state index is 11.9. The molecule has 0 spiro atoms. The number of alkyl halides is 3. The SMILES string of the molecule is CCC(C)Oc1cccc(NCCOCC(F)(F)F)c1. The van der Waals surface area contributed by atoms with Gasteiger partial charge < -0.3 is 14.8 Å². The minimum Gasteiger partial charge on any atom is -0.491 e. The zero-order valence-corrected chi connectivity index (χ0v) is 11.7. The maximum Gasteiger partial charge on any atom is 0.411 e. The minimum atomic E-state index is -4.27. The lowest BCUT2D eigenvalue weighted by Crippen LogP contribution is -2.20. The van der Waals surface area contributed by atoms with E-state index in [2.05, 4.69) is 10.1 Å². The third kappa shape index (κ3) is 7.23. The van der Waals surface area contributed by atoms with E-state index in [1.165, 1.54) is 0 Å². The van der Waals surface area contributed by atoms with Gasteiger partial charge in [0.15, 0.2) is 0 Å². The van der Waals surface area contributed by atoms with Crippen molar-refractivity contribution in [3.8, 4) is 5.75 Å². The van der Waals surface area contributed by atoms with Crippen LogP contribution in [0.2, 0.25) is 0 Å². The smallest absolute Gasteiger partial charge is 0.411 e. The van der Waals surface area contributed by atoms with Crippen molar-refractivity contribution >= 4 is 5.69 Å². The van der Waals surface area contributed by atoms with Crippen LogP contribution in [0.5, 0.6) is 5.75 Å². The summed E-state index contributed by atoms with van der Waals surface area (Å²) in [5.41, 5.74) is 0.793. The Bertz CT molecular complexity index is 396. The van der Waals surface area contributed by atoms with Gasteiger partial charge in [-0.25, -0.2) is 0 Å². The van der Waals surface area contributed by atoms with Crippen molar-refractivity contribution in [2.45, 2.75) is 32.5 Å². The summed E-state index contributed by atoms with van der Waals surface area (Å²) in [6, 6.07) is 7.32. The molecule has 0 heterocycles. The van der Waals surface area contributed by atoms with Crippen molar-refractivity contribution in [1.29, 1.82) is 0 Å². The lowest BCUT2D eigenvalue weighted by Gasteiger charge is -2.14. The predicted molar refractivity (Wildman–Crippen MR) is 72.2 cm³/mol. The number of hydrogen-bond donors (Lipinski definition) is 1. The summed E-state index contributed by atoms with van der Waals surface area (Å²) in [5.74, 6) is 0.737. The van der Waals surface area contributed by atoms with Gasteiger partial charge in [0.1, 0.15) is 12.4 Å². The second kappa shape index (κ2) is 7.99. The summed E-state index contributed by atoms with van der Waals surface area (Å²) in [4.78, 5) is 0. The molecule has 6 heteroatoms. The Morgan fingerprint density at radius 1 is 1.30 bits per heavy atom. The molecule has 0 radical (unpaired) electrons. The van der Waals surface area contributed by atoms with Crippen LogP contribution in [0.3, 0.4) is 0 Å². The van der Waals surface area contributed by atoms with Crippen molar-refractivity contribution in [2.24, 2.45) is 0 Å². The summed E-state index contributed by atoms with van der Waals surface area (Å²) in [5, 5.41) is 2.99. The predicted octanol–water partition coefficient (Wildman–Crippen LogP) is 3.85. The molecule has 20 heavy (non-hydrogen) atoms. The fraction of sp³-hybridized carbons (Fsp3) is 0.571. The van der Waals surface area contributed by atoms with Crippen LogP contribution in [0.1, 0.15) is 20.3 Å². The molecule has 114 valence electrons. The van der Waals surface area contributed by atoms with Crippen LogP contribution < -0.4 is 10.1 Å². The summed E-state index contributed by atoms with van der Waals surface area (Å²) in [6.07, 6.45) is -3.24. The van der Waals surface area contributed by atoms with E-state index in [4.69, 9.17) is 4.74 Å². The molecule has 1 atom stereocenters. The van der Waals surface area contributed by atoms with Crippen LogP contribution in [0.25, 0.3) is 0 Å². The normalized spacial score (nSPS) is 13.1. The summed E-state index contributed by atoms with van der Waals surface area (Å²) >= 11 is 0. The molecule has 0 aliphatic heterocycles. The Kier molecular flexibility index (Phi) is 6.64. The number of benzene rings is 1. The number of rotatable bonds is 8. The number of nitrogens with one attached hydrogen (secondary N) is 1. The molecule has 0 saturated heterocycles. The highest BCUT2D eigenvalue weighted by molar-refractivity contribution is 5.48. The lowest BCUT2D eigenvalue weighted by atomic mass is 10.2. The molecule has 0 aromatic heterocycles. The number of anilines is 1. The minimum absolute atomic E-state index is 0.00401. The Balaban J connectivity index is 2.32. The molecule has 1 unspecified atom stereocenters. The van der Waals surface area contributed by atoms with Gasteiger partial charge in [-0.1, -0.05) is 13.0 Å². The van der Waals surface area contributed by atoms with Crippen molar-refractivity contribution in [1.82, 2.24) is 0 Å². The van der Waals surface area contributed by atoms with E-state index in [0.29, 0.717) is 6.54 Å². The van der Waals surface area contributed by atoms with Gasteiger partial charge in [-0.2, -0.15) is 13.2 Å². The summed E-state index contributed by atoms with van der Waals surface area (Å²) < 4.78 is 45.7. The first kappa shape index (κ1) is 16.6. The molecule has 0 saturated carbocycles. The Hall–Kier alpha value is -1.43. The van der Waals surface area contributed by atoms with Gasteiger partial charge >= 0.3 is 6.18 Å². The fourth-order valence-corrected chi connectivity index (χ4v) is 1.45. The van der Waals surface area contributed by atoms with Crippen LogP contribution in [-0.4, -0.2) is 32.0 Å². The van der Waals surface area contributed by atoms with Crippen LogP contribution >= 0.6 is 0 Å². The van der Waals surface area contributed by atoms with Crippen LogP contribution in [0, 0.1) is 0 Å². The maximum atomic E-state index is 11.9. The van der Waals surface area contributed by atoms with Gasteiger partial charge in [0, 0.05) is 18.3 Å². The number of ether oxygens (including phenoxy) is 2. The highest BCUT2D eigenvalue weighted by Crippen LogP contribution is 2.19.